The summed E-state index contributed by atoms with van der Waals surface area (Å²) in [5.74, 6) is 0.227. The standard InChI is InChI=1S/C15H10ClN3O2S2/c16-9-3-5-11-12(8-9)23-15(17-11)19-14(22)18-13(20)6-4-10-2-1-7-21-10/h1-8H,(H2,17,18,19,20,22)/b6-4+. The third-order valence-corrected chi connectivity index (χ3v) is 4.12. The summed E-state index contributed by atoms with van der Waals surface area (Å²) >= 11 is 12.4. The number of amides is 1. The van der Waals surface area contributed by atoms with Gasteiger partial charge in [0.2, 0.25) is 5.91 Å². The Morgan fingerprint density at radius 3 is 3.04 bits per heavy atom. The maximum Gasteiger partial charge on any atom is 0.250 e. The van der Waals surface area contributed by atoms with Crippen LogP contribution in [0.3, 0.4) is 0 Å². The van der Waals surface area contributed by atoms with Crippen molar-refractivity contribution in [3.63, 3.8) is 0 Å². The number of thiazole rings is 1. The van der Waals surface area contributed by atoms with Crippen LogP contribution < -0.4 is 10.6 Å². The van der Waals surface area contributed by atoms with Crippen molar-refractivity contribution in [1.29, 1.82) is 0 Å². The fourth-order valence-corrected chi connectivity index (χ4v) is 3.19. The summed E-state index contributed by atoms with van der Waals surface area (Å²) in [5.41, 5.74) is 0.814. The first-order valence-corrected chi connectivity index (χ1v) is 8.10. The molecule has 2 N–H and O–H groups in total. The highest BCUT2D eigenvalue weighted by Gasteiger charge is 2.07. The maximum absolute atomic E-state index is 11.8. The number of hydrogen-bond acceptors (Lipinski definition) is 5. The van der Waals surface area contributed by atoms with Gasteiger partial charge in [0.1, 0.15) is 5.76 Å². The average molecular weight is 364 g/mol. The van der Waals surface area contributed by atoms with Gasteiger partial charge in [-0.25, -0.2) is 4.98 Å². The van der Waals surface area contributed by atoms with Gasteiger partial charge in [-0.1, -0.05) is 22.9 Å². The van der Waals surface area contributed by atoms with Gasteiger partial charge in [-0.05, 0) is 48.6 Å². The number of fused-ring (bicyclic) bond motifs is 1. The molecule has 2 aromatic heterocycles. The molecule has 0 aliphatic carbocycles. The number of benzene rings is 1. The van der Waals surface area contributed by atoms with Crippen molar-refractivity contribution >= 4 is 67.6 Å². The van der Waals surface area contributed by atoms with Crippen molar-refractivity contribution < 1.29 is 9.21 Å². The predicted octanol–water partition coefficient (Wildman–Crippen LogP) is 4.07. The van der Waals surface area contributed by atoms with E-state index in [9.17, 15) is 4.79 Å². The Morgan fingerprint density at radius 1 is 1.39 bits per heavy atom. The van der Waals surface area contributed by atoms with Crippen molar-refractivity contribution in [3.8, 4) is 0 Å². The summed E-state index contributed by atoms with van der Waals surface area (Å²) in [6.45, 7) is 0. The molecule has 23 heavy (non-hydrogen) atoms. The third-order valence-electron chi connectivity index (χ3n) is 2.75. The van der Waals surface area contributed by atoms with Crippen molar-refractivity contribution in [2.24, 2.45) is 0 Å². The van der Waals surface area contributed by atoms with Gasteiger partial charge >= 0.3 is 0 Å². The molecule has 2 heterocycles. The molecule has 0 radical (unpaired) electrons. The van der Waals surface area contributed by atoms with E-state index in [1.165, 1.54) is 23.7 Å². The fourth-order valence-electron chi connectivity index (χ4n) is 1.78. The third kappa shape index (κ3) is 4.16. The first-order chi connectivity index (χ1) is 11.1. The molecule has 116 valence electrons. The van der Waals surface area contributed by atoms with Gasteiger partial charge in [-0.15, -0.1) is 0 Å². The zero-order valence-corrected chi connectivity index (χ0v) is 14.0. The summed E-state index contributed by atoms with van der Waals surface area (Å²) in [6.07, 6.45) is 4.42. The zero-order chi connectivity index (χ0) is 16.2. The molecule has 0 bridgehead atoms. The highest BCUT2D eigenvalue weighted by Crippen LogP contribution is 2.28. The minimum absolute atomic E-state index is 0.171. The first-order valence-electron chi connectivity index (χ1n) is 6.50. The molecule has 8 heteroatoms. The Bertz CT molecular complexity index is 887. The van der Waals surface area contributed by atoms with Crippen LogP contribution >= 0.6 is 35.2 Å². The molecule has 0 unspecified atom stereocenters. The van der Waals surface area contributed by atoms with Gasteiger partial charge in [0.05, 0.1) is 16.5 Å². The van der Waals surface area contributed by atoms with Gasteiger partial charge in [-0.2, -0.15) is 0 Å². The lowest BCUT2D eigenvalue weighted by Gasteiger charge is -2.04. The highest BCUT2D eigenvalue weighted by molar-refractivity contribution is 7.80. The highest BCUT2D eigenvalue weighted by atomic mass is 35.5. The van der Waals surface area contributed by atoms with Crippen molar-refractivity contribution in [2.45, 2.75) is 0 Å². The molecule has 0 aliphatic heterocycles. The summed E-state index contributed by atoms with van der Waals surface area (Å²) in [7, 11) is 0. The number of nitrogens with zero attached hydrogens (tertiary/aromatic N) is 1. The second-order valence-electron chi connectivity index (χ2n) is 4.42. The molecular formula is C15H10ClN3O2S2. The van der Waals surface area contributed by atoms with E-state index in [0.29, 0.717) is 15.9 Å². The van der Waals surface area contributed by atoms with E-state index in [0.717, 1.165) is 10.2 Å². The Balaban J connectivity index is 1.60. The Labute approximate surface area is 146 Å². The maximum atomic E-state index is 11.8. The Kier molecular flexibility index (Phi) is 4.71. The van der Waals surface area contributed by atoms with Gasteiger partial charge in [0.15, 0.2) is 10.2 Å². The first kappa shape index (κ1) is 15.7. The molecular weight excluding hydrogens is 354 g/mol. The van der Waals surface area contributed by atoms with Crippen LogP contribution in [0.15, 0.2) is 47.1 Å². The smallest absolute Gasteiger partial charge is 0.250 e. The van der Waals surface area contributed by atoms with E-state index in [1.807, 2.05) is 12.1 Å². The van der Waals surface area contributed by atoms with Crippen LogP contribution in [0.2, 0.25) is 5.02 Å². The van der Waals surface area contributed by atoms with Crippen LogP contribution in [0.25, 0.3) is 16.3 Å². The van der Waals surface area contributed by atoms with E-state index < -0.39 is 0 Å². The molecule has 5 nitrogen and oxygen atoms in total. The molecule has 0 atom stereocenters. The van der Waals surface area contributed by atoms with E-state index in [-0.39, 0.29) is 11.0 Å². The molecule has 0 aliphatic rings. The summed E-state index contributed by atoms with van der Waals surface area (Å²) in [4.78, 5) is 16.1. The monoisotopic (exact) mass is 363 g/mol. The van der Waals surface area contributed by atoms with Gasteiger partial charge in [-0.3, -0.25) is 10.1 Å². The number of thiocarbonyl (C=S) groups is 1. The van der Waals surface area contributed by atoms with Crippen LogP contribution in [-0.4, -0.2) is 16.0 Å². The largest absolute Gasteiger partial charge is 0.465 e. The number of rotatable bonds is 3. The number of hydrogen-bond donors (Lipinski definition) is 2. The number of nitrogens with one attached hydrogen (secondary N) is 2. The van der Waals surface area contributed by atoms with E-state index in [2.05, 4.69) is 15.6 Å². The lowest BCUT2D eigenvalue weighted by Crippen LogP contribution is -2.32. The summed E-state index contributed by atoms with van der Waals surface area (Å²) in [6, 6.07) is 8.91. The van der Waals surface area contributed by atoms with Crippen molar-refractivity contribution in [2.75, 3.05) is 5.32 Å². The van der Waals surface area contributed by atoms with Crippen LogP contribution in [0.1, 0.15) is 5.76 Å². The molecule has 0 saturated carbocycles. The molecule has 0 spiro atoms. The van der Waals surface area contributed by atoms with Crippen LogP contribution in [0.4, 0.5) is 5.13 Å². The van der Waals surface area contributed by atoms with Crippen LogP contribution in [0.5, 0.6) is 0 Å². The number of carbonyl (C=O) groups is 1. The minimum Gasteiger partial charge on any atom is -0.465 e. The molecule has 0 fully saturated rings. The number of aromatic nitrogens is 1. The predicted molar refractivity (Wildman–Crippen MR) is 96.7 cm³/mol. The van der Waals surface area contributed by atoms with Crippen molar-refractivity contribution in [1.82, 2.24) is 10.3 Å². The van der Waals surface area contributed by atoms with Crippen molar-refractivity contribution in [3.05, 3.63) is 53.5 Å². The minimum atomic E-state index is -0.358. The number of halogens is 1. The van der Waals surface area contributed by atoms with E-state index >= 15 is 0 Å². The SMILES string of the molecule is O=C(/C=C/c1ccco1)NC(=S)Nc1nc2ccc(Cl)cc2s1. The van der Waals surface area contributed by atoms with E-state index in [4.69, 9.17) is 28.2 Å². The van der Waals surface area contributed by atoms with Crippen LogP contribution in [-0.2, 0) is 4.79 Å². The van der Waals surface area contributed by atoms with Crippen LogP contribution in [0, 0.1) is 0 Å². The molecule has 0 saturated heterocycles. The number of carbonyl (C=O) groups excluding carboxylic acids is 1. The second-order valence-corrected chi connectivity index (χ2v) is 6.30. The summed E-state index contributed by atoms with van der Waals surface area (Å²) in [5, 5.41) is 6.82. The Hall–Kier alpha value is -2.22. The topological polar surface area (TPSA) is 67.2 Å². The molecule has 3 aromatic rings. The molecule has 1 aromatic carbocycles. The Morgan fingerprint density at radius 2 is 2.26 bits per heavy atom. The molecule has 1 amide bonds. The quantitative estimate of drug-likeness (QED) is 0.542. The van der Waals surface area contributed by atoms with Gasteiger partial charge < -0.3 is 9.73 Å². The lowest BCUT2D eigenvalue weighted by molar-refractivity contribution is -0.115. The van der Waals surface area contributed by atoms with Gasteiger partial charge in [0.25, 0.3) is 0 Å². The van der Waals surface area contributed by atoms with Gasteiger partial charge in [0, 0.05) is 11.1 Å². The average Bonchev–Trinajstić information content (AvgIpc) is 3.13. The number of furan rings is 1. The second kappa shape index (κ2) is 6.91. The lowest BCUT2D eigenvalue weighted by atomic mass is 10.3. The normalized spacial score (nSPS) is 11.0. The number of anilines is 1. The molecule has 3 rings (SSSR count). The fraction of sp³-hybridized carbons (Fsp3) is 0. The zero-order valence-electron chi connectivity index (χ0n) is 11.6. The van der Waals surface area contributed by atoms with E-state index in [1.54, 1.807) is 24.3 Å². The summed E-state index contributed by atoms with van der Waals surface area (Å²) < 4.78 is 6.03.